The highest BCUT2D eigenvalue weighted by atomic mass is 16.7. The number of aliphatic hydroxyl groups is 4. The first-order valence-electron chi connectivity index (χ1n) is 4.88. The molecule has 5 N–H and O–H groups in total. The summed E-state index contributed by atoms with van der Waals surface area (Å²) < 4.78 is 9.50. The summed E-state index contributed by atoms with van der Waals surface area (Å²) in [6.45, 7) is 0.617. The molecule has 1 rings (SSSR count). The monoisotopic (exact) mass is 254 g/mol. The zero-order valence-electron chi connectivity index (χ0n) is 9.55. The third-order valence-electron chi connectivity index (χ3n) is 2.11. The standard InChI is InChI=1S/C7H14O6.C2H4O2/c1-12-6-5(10)4(9)3(2-8)13-7(6)11;1-2(3)4/h3-11H,2H2,1H3;1H3,(H,3,4)/t3-,4+,5+,6-,7-;/m1./s1. The Morgan fingerprint density at radius 1 is 1.29 bits per heavy atom. The van der Waals surface area contributed by atoms with Crippen molar-refractivity contribution in [2.75, 3.05) is 13.7 Å². The van der Waals surface area contributed by atoms with Crippen LogP contribution in [0.1, 0.15) is 6.92 Å². The summed E-state index contributed by atoms with van der Waals surface area (Å²) in [5.74, 6) is -0.833. The third kappa shape index (κ3) is 4.94. The number of methoxy groups -OCH3 is 1. The molecule has 0 bridgehead atoms. The van der Waals surface area contributed by atoms with Crippen LogP contribution in [0.3, 0.4) is 0 Å². The molecular weight excluding hydrogens is 236 g/mol. The second-order valence-electron chi connectivity index (χ2n) is 3.45. The van der Waals surface area contributed by atoms with Crippen molar-refractivity contribution in [2.45, 2.75) is 37.6 Å². The van der Waals surface area contributed by atoms with E-state index in [2.05, 4.69) is 0 Å². The average Bonchev–Trinajstić information content (AvgIpc) is 2.23. The van der Waals surface area contributed by atoms with Gasteiger partial charge in [-0.05, 0) is 0 Å². The van der Waals surface area contributed by atoms with Crippen molar-refractivity contribution in [1.82, 2.24) is 0 Å². The zero-order valence-corrected chi connectivity index (χ0v) is 9.55. The molecule has 1 aliphatic heterocycles. The quantitative estimate of drug-likeness (QED) is 0.365. The largest absolute Gasteiger partial charge is 0.481 e. The van der Waals surface area contributed by atoms with Gasteiger partial charge >= 0.3 is 0 Å². The Hall–Kier alpha value is -0.770. The van der Waals surface area contributed by atoms with Crippen LogP contribution in [-0.4, -0.2) is 75.9 Å². The lowest BCUT2D eigenvalue weighted by molar-refractivity contribution is -0.291. The zero-order chi connectivity index (χ0) is 13.6. The molecule has 0 aromatic heterocycles. The van der Waals surface area contributed by atoms with Crippen molar-refractivity contribution in [1.29, 1.82) is 0 Å². The van der Waals surface area contributed by atoms with Crippen LogP contribution in [0.2, 0.25) is 0 Å². The van der Waals surface area contributed by atoms with Gasteiger partial charge in [-0.2, -0.15) is 0 Å². The Kier molecular flexibility index (Phi) is 7.19. The first kappa shape index (κ1) is 16.2. The fourth-order valence-corrected chi connectivity index (χ4v) is 1.33. The van der Waals surface area contributed by atoms with Crippen LogP contribution in [0.25, 0.3) is 0 Å². The summed E-state index contributed by atoms with van der Waals surface area (Å²) in [6.07, 6.45) is -5.81. The lowest BCUT2D eigenvalue weighted by atomic mass is 9.99. The van der Waals surface area contributed by atoms with Crippen molar-refractivity contribution in [3.63, 3.8) is 0 Å². The molecule has 0 saturated carbocycles. The normalized spacial score (nSPS) is 36.9. The number of hydrogen-bond donors (Lipinski definition) is 5. The fraction of sp³-hybridized carbons (Fsp3) is 0.889. The maximum atomic E-state index is 9.38. The molecule has 0 unspecified atom stereocenters. The summed E-state index contributed by atoms with van der Waals surface area (Å²) in [5, 5.41) is 44.1. The van der Waals surface area contributed by atoms with Crippen LogP contribution in [0.15, 0.2) is 0 Å². The maximum absolute atomic E-state index is 9.38. The van der Waals surface area contributed by atoms with Gasteiger partial charge in [0.2, 0.25) is 0 Å². The SMILES string of the molecule is CC(=O)O.CO[C@@H]1[C@@H](O)[C@@H](O)[C@@H](CO)O[C@H]1O. The first-order valence-corrected chi connectivity index (χ1v) is 4.88. The highest BCUT2D eigenvalue weighted by Gasteiger charge is 2.43. The number of ether oxygens (including phenoxy) is 2. The van der Waals surface area contributed by atoms with Gasteiger partial charge < -0.3 is 35.0 Å². The Morgan fingerprint density at radius 3 is 2.12 bits per heavy atom. The van der Waals surface area contributed by atoms with Crippen molar-refractivity contribution in [3.8, 4) is 0 Å². The molecule has 0 spiro atoms. The van der Waals surface area contributed by atoms with E-state index in [0.29, 0.717) is 0 Å². The van der Waals surface area contributed by atoms with Gasteiger partial charge in [0.15, 0.2) is 6.29 Å². The summed E-state index contributed by atoms with van der Waals surface area (Å²) >= 11 is 0. The molecule has 0 aromatic rings. The molecule has 5 atom stereocenters. The molecule has 0 aliphatic carbocycles. The number of aliphatic hydroxyl groups excluding tert-OH is 4. The number of hydrogen-bond acceptors (Lipinski definition) is 7. The molecule has 102 valence electrons. The van der Waals surface area contributed by atoms with E-state index in [0.717, 1.165) is 6.92 Å². The van der Waals surface area contributed by atoms with Gasteiger partial charge in [0, 0.05) is 14.0 Å². The van der Waals surface area contributed by atoms with Gasteiger partial charge in [0.25, 0.3) is 5.97 Å². The van der Waals surface area contributed by atoms with E-state index < -0.39 is 43.3 Å². The highest BCUT2D eigenvalue weighted by molar-refractivity contribution is 5.62. The smallest absolute Gasteiger partial charge is 0.300 e. The second kappa shape index (κ2) is 7.54. The van der Waals surface area contributed by atoms with Crippen molar-refractivity contribution >= 4 is 5.97 Å². The topological polar surface area (TPSA) is 137 Å². The molecule has 0 amide bonds. The first-order chi connectivity index (χ1) is 7.84. The van der Waals surface area contributed by atoms with E-state index in [4.69, 9.17) is 24.5 Å². The van der Waals surface area contributed by atoms with Crippen LogP contribution < -0.4 is 0 Å². The number of aliphatic carboxylic acids is 1. The van der Waals surface area contributed by atoms with E-state index >= 15 is 0 Å². The van der Waals surface area contributed by atoms with Gasteiger partial charge in [0.05, 0.1) is 6.61 Å². The Bertz CT molecular complexity index is 229. The van der Waals surface area contributed by atoms with E-state index in [1.807, 2.05) is 0 Å². The number of carboxylic acid groups (broad SMARTS) is 1. The molecule has 0 aromatic carbocycles. The molecule has 0 radical (unpaired) electrons. The van der Waals surface area contributed by atoms with Crippen LogP contribution in [-0.2, 0) is 14.3 Å². The van der Waals surface area contributed by atoms with Gasteiger partial charge in [-0.15, -0.1) is 0 Å². The number of carboxylic acids is 1. The third-order valence-corrected chi connectivity index (χ3v) is 2.11. The number of rotatable bonds is 2. The Labute approximate surface area is 98.0 Å². The molecule has 1 fully saturated rings. The van der Waals surface area contributed by atoms with Crippen molar-refractivity contribution in [2.24, 2.45) is 0 Å². The summed E-state index contributed by atoms with van der Waals surface area (Å²) in [4.78, 5) is 9.00. The Balaban J connectivity index is 0.000000557. The van der Waals surface area contributed by atoms with Crippen LogP contribution in [0.4, 0.5) is 0 Å². The van der Waals surface area contributed by atoms with E-state index in [1.54, 1.807) is 0 Å². The molecule has 1 heterocycles. The minimum atomic E-state index is -1.33. The van der Waals surface area contributed by atoms with Crippen LogP contribution in [0.5, 0.6) is 0 Å². The minimum absolute atomic E-state index is 0.467. The molecule has 1 aliphatic rings. The molecule has 8 heteroatoms. The molecule has 8 nitrogen and oxygen atoms in total. The van der Waals surface area contributed by atoms with Crippen molar-refractivity contribution < 1.29 is 39.8 Å². The van der Waals surface area contributed by atoms with Gasteiger partial charge in [0.1, 0.15) is 24.4 Å². The second-order valence-corrected chi connectivity index (χ2v) is 3.45. The minimum Gasteiger partial charge on any atom is -0.481 e. The molecule has 1 saturated heterocycles. The Morgan fingerprint density at radius 2 is 1.76 bits per heavy atom. The summed E-state index contributed by atoms with van der Waals surface area (Å²) in [6, 6.07) is 0. The predicted octanol–water partition coefficient (Wildman–Crippen LogP) is -2.48. The molecule has 17 heavy (non-hydrogen) atoms. The fourth-order valence-electron chi connectivity index (χ4n) is 1.33. The summed E-state index contributed by atoms with van der Waals surface area (Å²) in [5.41, 5.74) is 0. The average molecular weight is 254 g/mol. The lowest BCUT2D eigenvalue weighted by Gasteiger charge is -2.39. The molecular formula is C9H18O8. The van der Waals surface area contributed by atoms with Gasteiger partial charge in [-0.25, -0.2) is 0 Å². The lowest BCUT2D eigenvalue weighted by Crippen LogP contribution is -2.59. The van der Waals surface area contributed by atoms with E-state index in [9.17, 15) is 15.3 Å². The number of carbonyl (C=O) groups is 1. The van der Waals surface area contributed by atoms with E-state index in [-0.39, 0.29) is 0 Å². The van der Waals surface area contributed by atoms with Gasteiger partial charge in [-0.3, -0.25) is 4.79 Å². The highest BCUT2D eigenvalue weighted by Crippen LogP contribution is 2.21. The summed E-state index contributed by atoms with van der Waals surface area (Å²) in [7, 11) is 1.28. The van der Waals surface area contributed by atoms with Crippen molar-refractivity contribution in [3.05, 3.63) is 0 Å². The van der Waals surface area contributed by atoms with Crippen LogP contribution >= 0.6 is 0 Å². The van der Waals surface area contributed by atoms with Crippen LogP contribution in [0, 0.1) is 0 Å². The van der Waals surface area contributed by atoms with E-state index in [1.165, 1.54) is 7.11 Å². The predicted molar refractivity (Wildman–Crippen MR) is 54.1 cm³/mol. The maximum Gasteiger partial charge on any atom is 0.300 e. The van der Waals surface area contributed by atoms with Gasteiger partial charge in [-0.1, -0.05) is 0 Å².